The van der Waals surface area contributed by atoms with Gasteiger partial charge in [0.1, 0.15) is 0 Å². The topological polar surface area (TPSA) is 79.5 Å². The van der Waals surface area contributed by atoms with Crippen LogP contribution in [-0.2, 0) is 15.7 Å². The van der Waals surface area contributed by atoms with E-state index in [0.717, 1.165) is 28.8 Å². The van der Waals surface area contributed by atoms with Crippen molar-refractivity contribution >= 4 is 17.7 Å². The number of esters is 1. The first-order chi connectivity index (χ1) is 14.6. The maximum atomic E-state index is 12.7. The predicted octanol–water partition coefficient (Wildman–Crippen LogP) is 4.22. The average molecular weight is 433 g/mol. The third kappa shape index (κ3) is 4.99. The molecule has 0 aromatic heterocycles. The van der Waals surface area contributed by atoms with Crippen molar-refractivity contribution in [3.05, 3.63) is 76.0 Å². The van der Waals surface area contributed by atoms with E-state index in [4.69, 9.17) is 4.74 Å². The van der Waals surface area contributed by atoms with Gasteiger partial charge in [-0.25, -0.2) is 9.59 Å². The van der Waals surface area contributed by atoms with Crippen molar-refractivity contribution in [3.8, 4) is 0 Å². The Morgan fingerprint density at radius 2 is 1.81 bits per heavy atom. The number of halogens is 3. The number of alkyl halides is 3. The molecule has 2 amide bonds. The summed E-state index contributed by atoms with van der Waals surface area (Å²) in [7, 11) is 1.24. The number of ether oxygens (including phenoxy) is 1. The molecule has 164 valence electrons. The lowest BCUT2D eigenvalue weighted by Crippen LogP contribution is -2.47. The molecule has 2 aromatic carbocycles. The number of aryl methyl sites for hydroxylation is 2. The van der Waals surface area contributed by atoms with Crippen molar-refractivity contribution in [2.45, 2.75) is 26.1 Å². The van der Waals surface area contributed by atoms with E-state index in [2.05, 4.69) is 16.0 Å². The van der Waals surface area contributed by atoms with Crippen LogP contribution in [-0.4, -0.2) is 25.7 Å². The van der Waals surface area contributed by atoms with Crippen molar-refractivity contribution < 1.29 is 27.5 Å². The van der Waals surface area contributed by atoms with Gasteiger partial charge in [0.2, 0.25) is 0 Å². The molecule has 0 bridgehead atoms. The summed E-state index contributed by atoms with van der Waals surface area (Å²) in [5.41, 5.74) is 2.73. The molecule has 6 nitrogen and oxygen atoms in total. The molecule has 0 unspecified atom stereocenters. The summed E-state index contributed by atoms with van der Waals surface area (Å²) < 4.78 is 43.2. The van der Waals surface area contributed by atoms with Crippen LogP contribution in [0.1, 0.15) is 28.3 Å². The second-order valence-electron chi connectivity index (χ2n) is 7.20. The van der Waals surface area contributed by atoms with Crippen LogP contribution in [0.4, 0.5) is 23.7 Å². The predicted molar refractivity (Wildman–Crippen MR) is 109 cm³/mol. The molecule has 0 spiro atoms. The molecule has 0 fully saturated rings. The quantitative estimate of drug-likeness (QED) is 0.617. The molecule has 1 aliphatic rings. The molecule has 0 saturated carbocycles. The monoisotopic (exact) mass is 433 g/mol. The Kier molecular flexibility index (Phi) is 6.24. The first kappa shape index (κ1) is 22.2. The fraction of sp³-hybridized carbons (Fsp3) is 0.273. The molecule has 31 heavy (non-hydrogen) atoms. The molecule has 3 rings (SSSR count). The zero-order chi connectivity index (χ0) is 22.8. The molecule has 9 heteroatoms. The number of nitrogens with one attached hydrogen (secondary N) is 3. The van der Waals surface area contributed by atoms with Crippen LogP contribution in [0.2, 0.25) is 0 Å². The fourth-order valence-electron chi connectivity index (χ4n) is 3.38. The second-order valence-corrected chi connectivity index (χ2v) is 7.20. The summed E-state index contributed by atoms with van der Waals surface area (Å²) in [6.07, 6.45) is -4.43. The van der Waals surface area contributed by atoms with Crippen molar-refractivity contribution in [3.63, 3.8) is 0 Å². The number of anilines is 1. The average Bonchev–Trinajstić information content (AvgIpc) is 2.72. The highest BCUT2D eigenvalue weighted by molar-refractivity contribution is 5.95. The number of benzene rings is 2. The summed E-state index contributed by atoms with van der Waals surface area (Å²) in [6, 6.07) is 8.96. The number of hydrogen-bond acceptors (Lipinski definition) is 4. The normalized spacial score (nSPS) is 16.5. The largest absolute Gasteiger partial charge is 0.466 e. The summed E-state index contributed by atoms with van der Waals surface area (Å²) >= 11 is 0. The lowest BCUT2D eigenvalue weighted by atomic mass is 9.91. The van der Waals surface area contributed by atoms with Gasteiger partial charge >= 0.3 is 18.2 Å². The smallest absolute Gasteiger partial charge is 0.416 e. The van der Waals surface area contributed by atoms with Crippen LogP contribution in [0.3, 0.4) is 0 Å². The van der Waals surface area contributed by atoms with E-state index < -0.39 is 29.8 Å². The summed E-state index contributed by atoms with van der Waals surface area (Å²) in [4.78, 5) is 24.9. The van der Waals surface area contributed by atoms with Crippen LogP contribution in [0, 0.1) is 13.8 Å². The number of rotatable bonds is 5. The molecule has 3 N–H and O–H groups in total. The van der Waals surface area contributed by atoms with Crippen LogP contribution < -0.4 is 16.0 Å². The highest BCUT2D eigenvalue weighted by Gasteiger charge is 2.34. The maximum absolute atomic E-state index is 12.7. The standard InChI is InChI=1S/C22H22F3N3O3/c1-12-4-5-13(2)16(10-12)19-18(20(29)31-3)17(27-21(30)28-19)11-26-15-8-6-14(7-9-15)22(23,24)25/h4-10,19,26H,11H2,1-3H3,(H2,27,28,30)/t19-/m1/s1. The maximum Gasteiger partial charge on any atom is 0.416 e. The Bertz CT molecular complexity index is 1030. The first-order valence-electron chi connectivity index (χ1n) is 9.47. The number of urea groups is 1. The van der Waals surface area contributed by atoms with Crippen molar-refractivity contribution in [1.82, 2.24) is 10.6 Å². The number of amides is 2. The minimum Gasteiger partial charge on any atom is -0.466 e. The van der Waals surface area contributed by atoms with Gasteiger partial charge in [-0.15, -0.1) is 0 Å². The molecule has 1 atom stereocenters. The van der Waals surface area contributed by atoms with Crippen LogP contribution in [0.25, 0.3) is 0 Å². The zero-order valence-corrected chi connectivity index (χ0v) is 17.2. The van der Waals surface area contributed by atoms with E-state index >= 15 is 0 Å². The Labute approximate surface area is 177 Å². The molecule has 0 radical (unpaired) electrons. The molecule has 1 aliphatic heterocycles. The van der Waals surface area contributed by atoms with Crippen LogP contribution in [0.15, 0.2) is 53.7 Å². The van der Waals surface area contributed by atoms with E-state index in [1.807, 2.05) is 32.0 Å². The Hall–Kier alpha value is -3.49. The van der Waals surface area contributed by atoms with Gasteiger partial charge in [0.15, 0.2) is 0 Å². The number of methoxy groups -OCH3 is 1. The lowest BCUT2D eigenvalue weighted by molar-refractivity contribution is -0.138. The van der Waals surface area contributed by atoms with E-state index in [9.17, 15) is 22.8 Å². The second kappa shape index (κ2) is 8.71. The van der Waals surface area contributed by atoms with Gasteiger partial charge in [-0.3, -0.25) is 0 Å². The summed E-state index contributed by atoms with van der Waals surface area (Å²) in [5.74, 6) is -0.623. The third-order valence-corrected chi connectivity index (χ3v) is 4.99. The molecule has 0 aliphatic carbocycles. The van der Waals surface area contributed by atoms with E-state index in [-0.39, 0.29) is 17.8 Å². The first-order valence-corrected chi connectivity index (χ1v) is 9.47. The summed E-state index contributed by atoms with van der Waals surface area (Å²) in [6.45, 7) is 3.78. The minimum atomic E-state index is -4.43. The van der Waals surface area contributed by atoms with E-state index in [1.54, 1.807) is 0 Å². The van der Waals surface area contributed by atoms with Crippen molar-refractivity contribution in [1.29, 1.82) is 0 Å². The van der Waals surface area contributed by atoms with Gasteiger partial charge in [-0.1, -0.05) is 23.8 Å². The van der Waals surface area contributed by atoms with Crippen molar-refractivity contribution in [2.75, 3.05) is 19.0 Å². The molecule has 0 saturated heterocycles. The number of hydrogen-bond donors (Lipinski definition) is 3. The fourth-order valence-corrected chi connectivity index (χ4v) is 3.38. The van der Waals surface area contributed by atoms with Gasteiger partial charge in [-0.2, -0.15) is 13.2 Å². The van der Waals surface area contributed by atoms with Crippen LogP contribution >= 0.6 is 0 Å². The number of carbonyl (C=O) groups is 2. The Balaban J connectivity index is 1.94. The number of carbonyl (C=O) groups excluding carboxylic acids is 2. The van der Waals surface area contributed by atoms with Gasteiger partial charge in [-0.05, 0) is 49.2 Å². The van der Waals surface area contributed by atoms with Gasteiger partial charge < -0.3 is 20.7 Å². The molecular weight excluding hydrogens is 411 g/mol. The highest BCUT2D eigenvalue weighted by atomic mass is 19.4. The third-order valence-electron chi connectivity index (χ3n) is 4.99. The van der Waals surface area contributed by atoms with Gasteiger partial charge in [0, 0.05) is 5.69 Å². The minimum absolute atomic E-state index is 0.00454. The van der Waals surface area contributed by atoms with Gasteiger partial charge in [0.25, 0.3) is 0 Å². The van der Waals surface area contributed by atoms with E-state index in [0.29, 0.717) is 5.69 Å². The van der Waals surface area contributed by atoms with Crippen LogP contribution in [0.5, 0.6) is 0 Å². The molecular formula is C22H22F3N3O3. The SMILES string of the molecule is COC(=O)C1=C(CNc2ccc(C(F)(F)F)cc2)NC(=O)N[C@@H]1c1cc(C)ccc1C. The lowest BCUT2D eigenvalue weighted by Gasteiger charge is -2.30. The van der Waals surface area contributed by atoms with Gasteiger partial charge in [0.05, 0.1) is 36.5 Å². The Morgan fingerprint density at radius 1 is 1.13 bits per heavy atom. The summed E-state index contributed by atoms with van der Waals surface area (Å²) in [5, 5.41) is 8.31. The molecule has 1 heterocycles. The zero-order valence-electron chi connectivity index (χ0n) is 17.2. The highest BCUT2D eigenvalue weighted by Crippen LogP contribution is 2.32. The Morgan fingerprint density at radius 3 is 2.42 bits per heavy atom. The van der Waals surface area contributed by atoms with E-state index in [1.165, 1.54) is 19.2 Å². The molecule has 2 aromatic rings. The van der Waals surface area contributed by atoms with Crippen molar-refractivity contribution in [2.24, 2.45) is 0 Å².